The summed E-state index contributed by atoms with van der Waals surface area (Å²) in [5.41, 5.74) is 4.87. The molecule has 0 saturated heterocycles. The van der Waals surface area contributed by atoms with E-state index < -0.39 is 17.9 Å². The fraction of sp³-hybridized carbons (Fsp3) is 0.263. The first-order valence-electron chi connectivity index (χ1n) is 8.20. The first kappa shape index (κ1) is 17.6. The summed E-state index contributed by atoms with van der Waals surface area (Å²) in [6, 6.07) is 6.00. The van der Waals surface area contributed by atoms with Crippen molar-refractivity contribution < 1.29 is 14.7 Å². The van der Waals surface area contributed by atoms with Crippen molar-refractivity contribution in [3.05, 3.63) is 64.1 Å². The molecule has 0 fully saturated rings. The quantitative estimate of drug-likeness (QED) is 0.752. The van der Waals surface area contributed by atoms with E-state index in [1.807, 2.05) is 32.9 Å². The maximum absolute atomic E-state index is 12.7. The summed E-state index contributed by atoms with van der Waals surface area (Å²) in [7, 11) is 0. The zero-order valence-corrected chi connectivity index (χ0v) is 15.1. The van der Waals surface area contributed by atoms with Crippen LogP contribution < -0.4 is 5.32 Å². The first-order valence-corrected chi connectivity index (χ1v) is 8.20. The van der Waals surface area contributed by atoms with Gasteiger partial charge in [-0.3, -0.25) is 4.79 Å². The van der Waals surface area contributed by atoms with Crippen LogP contribution >= 0.6 is 0 Å². The first-order chi connectivity index (χ1) is 12.3. The summed E-state index contributed by atoms with van der Waals surface area (Å²) >= 11 is 0. The summed E-state index contributed by atoms with van der Waals surface area (Å²) in [6.07, 6.45) is 1.44. The van der Waals surface area contributed by atoms with E-state index >= 15 is 0 Å². The third kappa shape index (κ3) is 3.15. The van der Waals surface area contributed by atoms with E-state index in [0.29, 0.717) is 16.9 Å². The van der Waals surface area contributed by atoms with E-state index in [1.165, 1.54) is 6.20 Å². The molecule has 3 rings (SSSR count). The highest BCUT2D eigenvalue weighted by atomic mass is 16.4. The lowest BCUT2D eigenvalue weighted by Gasteiger charge is -2.17. The molecule has 0 saturated carbocycles. The Morgan fingerprint density at radius 1 is 1.12 bits per heavy atom. The highest BCUT2D eigenvalue weighted by molar-refractivity contribution is 5.97. The standard InChI is InChI=1S/C19H20N4O3/c1-10-5-6-14(7-11(10)2)17(19(25)26)21-18(24)15-9-20-16-8-12(3)22-23(16)13(15)4/h5-9,17H,1-4H3,(H,21,24)(H,25,26). The monoisotopic (exact) mass is 352 g/mol. The molecule has 1 unspecified atom stereocenters. The molecule has 3 aromatic rings. The summed E-state index contributed by atoms with van der Waals surface area (Å²) in [4.78, 5) is 28.6. The number of carbonyl (C=O) groups is 2. The van der Waals surface area contributed by atoms with Crippen LogP contribution in [0.1, 0.15) is 44.5 Å². The summed E-state index contributed by atoms with van der Waals surface area (Å²) in [6.45, 7) is 7.45. The molecule has 134 valence electrons. The number of benzene rings is 1. The number of aromatic nitrogens is 3. The van der Waals surface area contributed by atoms with E-state index in [4.69, 9.17) is 0 Å². The molecule has 0 aliphatic heterocycles. The zero-order valence-electron chi connectivity index (χ0n) is 15.1. The summed E-state index contributed by atoms with van der Waals surface area (Å²) in [5, 5.41) is 16.5. The predicted molar refractivity (Wildman–Crippen MR) is 96.2 cm³/mol. The molecule has 1 amide bonds. The number of rotatable bonds is 4. The maximum Gasteiger partial charge on any atom is 0.330 e. The van der Waals surface area contributed by atoms with Gasteiger partial charge in [0.2, 0.25) is 0 Å². The Bertz CT molecular complexity index is 1020. The highest BCUT2D eigenvalue weighted by Crippen LogP contribution is 2.19. The number of fused-ring (bicyclic) bond motifs is 1. The molecule has 0 aliphatic rings. The van der Waals surface area contributed by atoms with Crippen LogP contribution in [0, 0.1) is 27.7 Å². The number of carboxylic acids is 1. The predicted octanol–water partition coefficient (Wildman–Crippen LogP) is 2.52. The number of carboxylic acid groups (broad SMARTS) is 1. The van der Waals surface area contributed by atoms with Crippen molar-refractivity contribution in [3.63, 3.8) is 0 Å². The number of carbonyl (C=O) groups excluding carboxylic acids is 1. The Hall–Kier alpha value is -3.22. The molecule has 0 radical (unpaired) electrons. The molecule has 0 spiro atoms. The molecule has 26 heavy (non-hydrogen) atoms. The van der Waals surface area contributed by atoms with Gasteiger partial charge in [0.05, 0.1) is 17.0 Å². The van der Waals surface area contributed by atoms with Crippen LogP contribution in [0.15, 0.2) is 30.5 Å². The fourth-order valence-electron chi connectivity index (χ4n) is 2.83. The smallest absolute Gasteiger partial charge is 0.330 e. The van der Waals surface area contributed by atoms with Gasteiger partial charge in [-0.05, 0) is 44.4 Å². The van der Waals surface area contributed by atoms with Gasteiger partial charge in [-0.2, -0.15) is 5.10 Å². The minimum atomic E-state index is -1.14. The topological polar surface area (TPSA) is 96.6 Å². The van der Waals surface area contributed by atoms with E-state index in [9.17, 15) is 14.7 Å². The van der Waals surface area contributed by atoms with Crippen LogP contribution in [0.5, 0.6) is 0 Å². The molecular formula is C19H20N4O3. The second-order valence-corrected chi connectivity index (χ2v) is 6.40. The van der Waals surface area contributed by atoms with E-state index in [2.05, 4.69) is 15.4 Å². The number of hydrogen-bond acceptors (Lipinski definition) is 4. The number of nitrogens with one attached hydrogen (secondary N) is 1. The van der Waals surface area contributed by atoms with E-state index in [1.54, 1.807) is 23.6 Å². The minimum absolute atomic E-state index is 0.288. The van der Waals surface area contributed by atoms with Crippen LogP contribution in [0.3, 0.4) is 0 Å². The Labute approximate surface area is 150 Å². The lowest BCUT2D eigenvalue weighted by Crippen LogP contribution is -2.34. The molecule has 7 nitrogen and oxygen atoms in total. The minimum Gasteiger partial charge on any atom is -0.479 e. The van der Waals surface area contributed by atoms with Gasteiger partial charge in [-0.15, -0.1) is 0 Å². The Kier molecular flexibility index (Phi) is 4.46. The fourth-order valence-corrected chi connectivity index (χ4v) is 2.83. The third-order valence-electron chi connectivity index (χ3n) is 4.48. The van der Waals surface area contributed by atoms with Crippen molar-refractivity contribution in [2.24, 2.45) is 0 Å². The Morgan fingerprint density at radius 3 is 2.50 bits per heavy atom. The van der Waals surface area contributed by atoms with Gasteiger partial charge in [0.25, 0.3) is 5.91 Å². The lowest BCUT2D eigenvalue weighted by atomic mass is 10.0. The Balaban J connectivity index is 1.94. The maximum atomic E-state index is 12.7. The molecule has 1 aromatic carbocycles. The van der Waals surface area contributed by atoms with Crippen LogP contribution in [0.4, 0.5) is 0 Å². The average Bonchev–Trinajstić information content (AvgIpc) is 2.96. The number of amides is 1. The van der Waals surface area contributed by atoms with Gasteiger partial charge in [-0.1, -0.05) is 18.2 Å². The number of hydrogen-bond donors (Lipinski definition) is 2. The van der Waals surface area contributed by atoms with Crippen molar-refractivity contribution in [3.8, 4) is 0 Å². The van der Waals surface area contributed by atoms with Gasteiger partial charge in [0.15, 0.2) is 11.7 Å². The highest BCUT2D eigenvalue weighted by Gasteiger charge is 2.24. The summed E-state index contributed by atoms with van der Waals surface area (Å²) < 4.78 is 1.58. The van der Waals surface area contributed by atoms with Gasteiger partial charge < -0.3 is 10.4 Å². The van der Waals surface area contributed by atoms with Crippen molar-refractivity contribution in [2.45, 2.75) is 33.7 Å². The van der Waals surface area contributed by atoms with E-state index in [-0.39, 0.29) is 5.56 Å². The second kappa shape index (κ2) is 6.59. The molecule has 2 heterocycles. The van der Waals surface area contributed by atoms with Crippen molar-refractivity contribution >= 4 is 17.5 Å². The van der Waals surface area contributed by atoms with Crippen molar-refractivity contribution in [2.75, 3.05) is 0 Å². The van der Waals surface area contributed by atoms with Gasteiger partial charge in [-0.25, -0.2) is 14.3 Å². The van der Waals surface area contributed by atoms with Crippen LogP contribution in [-0.2, 0) is 4.79 Å². The number of aliphatic carboxylic acids is 1. The van der Waals surface area contributed by atoms with Crippen LogP contribution in [0.2, 0.25) is 0 Å². The molecule has 7 heteroatoms. The second-order valence-electron chi connectivity index (χ2n) is 6.40. The van der Waals surface area contributed by atoms with Gasteiger partial charge in [0.1, 0.15) is 0 Å². The van der Waals surface area contributed by atoms with E-state index in [0.717, 1.165) is 16.8 Å². The molecule has 2 aromatic heterocycles. The largest absolute Gasteiger partial charge is 0.479 e. The normalized spacial score (nSPS) is 12.2. The third-order valence-corrected chi connectivity index (χ3v) is 4.48. The SMILES string of the molecule is Cc1cc2ncc(C(=O)NC(C(=O)O)c3ccc(C)c(C)c3)c(C)n2n1. The zero-order chi connectivity index (χ0) is 19.0. The Morgan fingerprint density at radius 2 is 1.85 bits per heavy atom. The molecule has 1 atom stereocenters. The average molecular weight is 352 g/mol. The number of aryl methyl sites for hydroxylation is 4. The van der Waals surface area contributed by atoms with Gasteiger partial charge in [0, 0.05) is 12.3 Å². The van der Waals surface area contributed by atoms with Crippen molar-refractivity contribution in [1.82, 2.24) is 19.9 Å². The van der Waals surface area contributed by atoms with Gasteiger partial charge >= 0.3 is 5.97 Å². The van der Waals surface area contributed by atoms with Crippen molar-refractivity contribution in [1.29, 1.82) is 0 Å². The number of nitrogens with zero attached hydrogens (tertiary/aromatic N) is 3. The molecule has 0 bridgehead atoms. The summed E-state index contributed by atoms with van der Waals surface area (Å²) in [5.74, 6) is -1.63. The molecular weight excluding hydrogens is 332 g/mol. The lowest BCUT2D eigenvalue weighted by molar-refractivity contribution is -0.139. The van der Waals surface area contributed by atoms with Crippen LogP contribution in [0.25, 0.3) is 5.65 Å². The molecule has 0 aliphatic carbocycles. The molecule has 2 N–H and O–H groups in total. The van der Waals surface area contributed by atoms with Crippen LogP contribution in [-0.4, -0.2) is 31.6 Å².